The first kappa shape index (κ1) is 6.08. The molecule has 2 aliphatic rings. The van der Waals surface area contributed by atoms with E-state index in [4.69, 9.17) is 0 Å². The Bertz CT molecular complexity index is 152. The highest BCUT2D eigenvalue weighted by Gasteiger charge is 2.23. The van der Waals surface area contributed by atoms with Crippen molar-refractivity contribution in [3.05, 3.63) is 0 Å². The summed E-state index contributed by atoms with van der Waals surface area (Å²) in [5, 5.41) is 0. The van der Waals surface area contributed by atoms with E-state index in [9.17, 15) is 0 Å². The fourth-order valence-electron chi connectivity index (χ4n) is 1.74. The molecule has 2 unspecified atom stereocenters. The fourth-order valence-corrected chi connectivity index (χ4v) is 1.74. The maximum absolute atomic E-state index is 4.38. The molecule has 10 heavy (non-hydrogen) atoms. The first-order valence-electron chi connectivity index (χ1n) is 4.02. The summed E-state index contributed by atoms with van der Waals surface area (Å²) in [6.07, 6.45) is 8.86. The first-order chi connectivity index (χ1) is 4.97. The summed E-state index contributed by atoms with van der Waals surface area (Å²) >= 11 is 0. The highest BCUT2D eigenvalue weighted by molar-refractivity contribution is 6.16. The van der Waals surface area contributed by atoms with Gasteiger partial charge in [0.05, 0.1) is 12.1 Å². The van der Waals surface area contributed by atoms with Gasteiger partial charge in [0.15, 0.2) is 0 Å². The van der Waals surface area contributed by atoms with Crippen molar-refractivity contribution in [3.8, 4) is 0 Å². The third kappa shape index (κ3) is 0.981. The van der Waals surface area contributed by atoms with Crippen LogP contribution in [0.5, 0.6) is 0 Å². The van der Waals surface area contributed by atoms with Crippen LogP contribution in [0.15, 0.2) is 9.98 Å². The summed E-state index contributed by atoms with van der Waals surface area (Å²) in [4.78, 5) is 8.75. The summed E-state index contributed by atoms with van der Waals surface area (Å²) in [6.45, 7) is 0. The number of hydrogen-bond donors (Lipinski definition) is 0. The fraction of sp³-hybridized carbons (Fsp3) is 0.750. The molecule has 1 fully saturated rings. The van der Waals surface area contributed by atoms with Gasteiger partial charge in [0, 0.05) is 12.4 Å². The van der Waals surface area contributed by atoms with Crippen LogP contribution in [0.3, 0.4) is 0 Å². The van der Waals surface area contributed by atoms with E-state index in [2.05, 4.69) is 9.98 Å². The smallest absolute Gasteiger partial charge is 0.0723 e. The van der Waals surface area contributed by atoms with Gasteiger partial charge in [0.1, 0.15) is 0 Å². The molecular formula is C8H12N2. The van der Waals surface area contributed by atoms with Crippen molar-refractivity contribution in [1.29, 1.82) is 0 Å². The predicted molar refractivity (Wildman–Crippen MR) is 43.0 cm³/mol. The van der Waals surface area contributed by atoms with Crippen LogP contribution in [0.1, 0.15) is 25.7 Å². The van der Waals surface area contributed by atoms with Gasteiger partial charge >= 0.3 is 0 Å². The SMILES string of the molecule is C1=NC2CCCCC2N=C1. The molecule has 2 nitrogen and oxygen atoms in total. The zero-order chi connectivity index (χ0) is 6.81. The molecule has 1 heterocycles. The van der Waals surface area contributed by atoms with E-state index in [1.165, 1.54) is 25.7 Å². The third-order valence-corrected chi connectivity index (χ3v) is 2.32. The van der Waals surface area contributed by atoms with Crippen molar-refractivity contribution in [2.45, 2.75) is 37.8 Å². The maximum Gasteiger partial charge on any atom is 0.0723 e. The van der Waals surface area contributed by atoms with Crippen LogP contribution < -0.4 is 0 Å². The van der Waals surface area contributed by atoms with Gasteiger partial charge in [-0.3, -0.25) is 9.98 Å². The lowest BCUT2D eigenvalue weighted by Crippen LogP contribution is -2.29. The topological polar surface area (TPSA) is 24.7 Å². The van der Waals surface area contributed by atoms with Crippen molar-refractivity contribution in [2.24, 2.45) is 9.98 Å². The molecule has 2 heteroatoms. The Kier molecular flexibility index (Phi) is 1.53. The van der Waals surface area contributed by atoms with Crippen molar-refractivity contribution in [1.82, 2.24) is 0 Å². The Hall–Kier alpha value is -0.660. The Labute approximate surface area is 61.1 Å². The van der Waals surface area contributed by atoms with Crippen LogP contribution in [-0.2, 0) is 0 Å². The second kappa shape index (κ2) is 2.52. The normalized spacial score (nSPS) is 37.6. The molecule has 0 N–H and O–H groups in total. The summed E-state index contributed by atoms with van der Waals surface area (Å²) in [6, 6.07) is 1.05. The molecule has 0 aromatic heterocycles. The number of nitrogens with zero attached hydrogens (tertiary/aromatic N) is 2. The minimum atomic E-state index is 0.527. The molecule has 0 bridgehead atoms. The molecule has 1 saturated carbocycles. The quantitative estimate of drug-likeness (QED) is 0.481. The molecule has 0 aromatic carbocycles. The average molecular weight is 136 g/mol. The Morgan fingerprint density at radius 1 is 0.900 bits per heavy atom. The second-order valence-electron chi connectivity index (χ2n) is 3.02. The summed E-state index contributed by atoms with van der Waals surface area (Å²) in [5.41, 5.74) is 0. The first-order valence-corrected chi connectivity index (χ1v) is 4.02. The Morgan fingerprint density at radius 3 is 1.90 bits per heavy atom. The number of hydrogen-bond acceptors (Lipinski definition) is 2. The monoisotopic (exact) mass is 136 g/mol. The van der Waals surface area contributed by atoms with E-state index in [1.54, 1.807) is 0 Å². The molecule has 54 valence electrons. The van der Waals surface area contributed by atoms with Gasteiger partial charge in [-0.05, 0) is 12.8 Å². The zero-order valence-electron chi connectivity index (χ0n) is 6.03. The van der Waals surface area contributed by atoms with Gasteiger partial charge in [-0.2, -0.15) is 0 Å². The zero-order valence-corrected chi connectivity index (χ0v) is 6.03. The molecule has 0 radical (unpaired) electrons. The molecule has 2 atom stereocenters. The van der Waals surface area contributed by atoms with E-state index in [0.29, 0.717) is 12.1 Å². The second-order valence-corrected chi connectivity index (χ2v) is 3.02. The van der Waals surface area contributed by atoms with E-state index in [0.717, 1.165) is 0 Å². The predicted octanol–water partition coefficient (Wildman–Crippen LogP) is 1.45. The van der Waals surface area contributed by atoms with Crippen molar-refractivity contribution >= 4 is 12.4 Å². The summed E-state index contributed by atoms with van der Waals surface area (Å²) < 4.78 is 0. The van der Waals surface area contributed by atoms with E-state index in [1.807, 2.05) is 12.4 Å². The molecule has 0 aromatic rings. The largest absolute Gasteiger partial charge is 0.286 e. The minimum absolute atomic E-state index is 0.527. The van der Waals surface area contributed by atoms with Crippen molar-refractivity contribution in [2.75, 3.05) is 0 Å². The van der Waals surface area contributed by atoms with Gasteiger partial charge in [-0.25, -0.2) is 0 Å². The third-order valence-electron chi connectivity index (χ3n) is 2.32. The summed E-state index contributed by atoms with van der Waals surface area (Å²) in [5.74, 6) is 0. The maximum atomic E-state index is 4.38. The molecule has 0 saturated heterocycles. The van der Waals surface area contributed by atoms with Crippen molar-refractivity contribution in [3.63, 3.8) is 0 Å². The van der Waals surface area contributed by atoms with Gasteiger partial charge in [0.25, 0.3) is 0 Å². The van der Waals surface area contributed by atoms with Crippen LogP contribution in [0.2, 0.25) is 0 Å². The standard InChI is InChI=1S/C8H12N2/c1-2-4-8-7(3-1)9-5-6-10-8/h5-8H,1-4H2. The Balaban J connectivity index is 2.09. The molecule has 2 rings (SSSR count). The van der Waals surface area contributed by atoms with Gasteiger partial charge in [-0.1, -0.05) is 12.8 Å². The molecule has 0 spiro atoms. The minimum Gasteiger partial charge on any atom is -0.286 e. The van der Waals surface area contributed by atoms with Crippen molar-refractivity contribution < 1.29 is 0 Å². The lowest BCUT2D eigenvalue weighted by molar-refractivity contribution is 0.388. The molecule has 1 aliphatic carbocycles. The van der Waals surface area contributed by atoms with E-state index >= 15 is 0 Å². The van der Waals surface area contributed by atoms with Crippen LogP contribution in [0.25, 0.3) is 0 Å². The van der Waals surface area contributed by atoms with E-state index < -0.39 is 0 Å². The van der Waals surface area contributed by atoms with Crippen LogP contribution >= 0.6 is 0 Å². The van der Waals surface area contributed by atoms with Gasteiger partial charge in [0.2, 0.25) is 0 Å². The average Bonchev–Trinajstić information content (AvgIpc) is 2.05. The number of fused-ring (bicyclic) bond motifs is 1. The molecule has 1 aliphatic heterocycles. The Morgan fingerprint density at radius 2 is 1.40 bits per heavy atom. The van der Waals surface area contributed by atoms with Gasteiger partial charge in [-0.15, -0.1) is 0 Å². The van der Waals surface area contributed by atoms with Crippen LogP contribution in [0.4, 0.5) is 0 Å². The molecule has 0 amide bonds. The summed E-state index contributed by atoms with van der Waals surface area (Å²) in [7, 11) is 0. The van der Waals surface area contributed by atoms with Gasteiger partial charge < -0.3 is 0 Å². The van der Waals surface area contributed by atoms with E-state index in [-0.39, 0.29) is 0 Å². The highest BCUT2D eigenvalue weighted by Crippen LogP contribution is 2.24. The molecular weight excluding hydrogens is 124 g/mol. The number of aliphatic imine (C=N–C) groups is 2. The van der Waals surface area contributed by atoms with Crippen LogP contribution in [-0.4, -0.2) is 24.5 Å². The lowest BCUT2D eigenvalue weighted by atomic mass is 9.91. The highest BCUT2D eigenvalue weighted by atomic mass is 14.9. The van der Waals surface area contributed by atoms with Crippen LogP contribution in [0, 0.1) is 0 Å². The lowest BCUT2D eigenvalue weighted by Gasteiger charge is -2.26. The number of rotatable bonds is 0.